The van der Waals surface area contributed by atoms with Gasteiger partial charge in [0.1, 0.15) is 5.76 Å². The quantitative estimate of drug-likeness (QED) is 0.807. The van der Waals surface area contributed by atoms with Crippen molar-refractivity contribution in [3.05, 3.63) is 57.6 Å². The molecule has 0 saturated heterocycles. The fourth-order valence-electron chi connectivity index (χ4n) is 1.94. The van der Waals surface area contributed by atoms with E-state index in [9.17, 15) is 4.79 Å². The van der Waals surface area contributed by atoms with Crippen LogP contribution in [0.3, 0.4) is 0 Å². The molecule has 0 fully saturated rings. The Morgan fingerprint density at radius 2 is 2.15 bits per heavy atom. The number of hydrogen-bond donors (Lipinski definition) is 1. The van der Waals surface area contributed by atoms with Crippen molar-refractivity contribution >= 4 is 28.5 Å². The Hall–Kier alpha value is -1.34. The van der Waals surface area contributed by atoms with Gasteiger partial charge >= 0.3 is 0 Å². The summed E-state index contributed by atoms with van der Waals surface area (Å²) in [6, 6.07) is 11.3. The zero-order chi connectivity index (χ0) is 14.5. The summed E-state index contributed by atoms with van der Waals surface area (Å²) in [6.07, 6.45) is 1.65. The van der Waals surface area contributed by atoms with Crippen LogP contribution >= 0.6 is 22.6 Å². The first-order valence-corrected chi connectivity index (χ1v) is 7.39. The molecule has 2 rings (SSSR count). The molecule has 4 nitrogen and oxygen atoms in total. The lowest BCUT2D eigenvalue weighted by Gasteiger charge is -2.22. The van der Waals surface area contributed by atoms with E-state index in [1.807, 2.05) is 55.4 Å². The van der Waals surface area contributed by atoms with E-state index in [-0.39, 0.29) is 11.9 Å². The van der Waals surface area contributed by atoms with E-state index in [2.05, 4.69) is 27.9 Å². The number of furan rings is 1. The van der Waals surface area contributed by atoms with E-state index in [1.165, 1.54) is 0 Å². The zero-order valence-electron chi connectivity index (χ0n) is 11.5. The fraction of sp³-hybridized carbons (Fsp3) is 0.267. The van der Waals surface area contributed by atoms with E-state index in [1.54, 1.807) is 6.26 Å². The number of nitrogens with zero attached hydrogens (tertiary/aromatic N) is 1. The number of likely N-dealkylation sites (N-methyl/N-ethyl adjacent to an activating group) is 1. The minimum Gasteiger partial charge on any atom is -0.468 e. The monoisotopic (exact) mass is 384 g/mol. The van der Waals surface area contributed by atoms with E-state index in [0.29, 0.717) is 12.1 Å². The highest BCUT2D eigenvalue weighted by atomic mass is 127. The van der Waals surface area contributed by atoms with Crippen LogP contribution in [0.1, 0.15) is 22.2 Å². The first-order valence-electron chi connectivity index (χ1n) is 6.31. The molecular weight excluding hydrogens is 367 g/mol. The molecule has 0 aliphatic rings. The number of hydrogen-bond acceptors (Lipinski definition) is 3. The van der Waals surface area contributed by atoms with Crippen molar-refractivity contribution in [2.45, 2.75) is 6.04 Å². The van der Waals surface area contributed by atoms with E-state index < -0.39 is 0 Å². The second kappa shape index (κ2) is 6.90. The molecule has 20 heavy (non-hydrogen) atoms. The third-order valence-electron chi connectivity index (χ3n) is 3.04. The summed E-state index contributed by atoms with van der Waals surface area (Å²) in [5, 5.41) is 2.95. The SMILES string of the molecule is CN(C)[C@@H](CNC(=O)c1cccc(I)c1)c1ccco1. The topological polar surface area (TPSA) is 45.5 Å². The van der Waals surface area contributed by atoms with Crippen LogP contribution in [0.2, 0.25) is 0 Å². The van der Waals surface area contributed by atoms with Gasteiger partial charge in [0.2, 0.25) is 0 Å². The Morgan fingerprint density at radius 1 is 1.35 bits per heavy atom. The molecule has 0 spiro atoms. The Balaban J connectivity index is 2.01. The van der Waals surface area contributed by atoms with Gasteiger partial charge in [-0.15, -0.1) is 0 Å². The average molecular weight is 384 g/mol. The summed E-state index contributed by atoms with van der Waals surface area (Å²) in [5.41, 5.74) is 0.675. The highest BCUT2D eigenvalue weighted by Gasteiger charge is 2.18. The normalized spacial score (nSPS) is 12.4. The molecule has 0 saturated carbocycles. The molecule has 5 heteroatoms. The Kier molecular flexibility index (Phi) is 5.19. The summed E-state index contributed by atoms with van der Waals surface area (Å²) in [4.78, 5) is 14.2. The number of rotatable bonds is 5. The van der Waals surface area contributed by atoms with Crippen LogP contribution in [0.5, 0.6) is 0 Å². The minimum atomic E-state index is -0.0677. The number of carbonyl (C=O) groups excluding carboxylic acids is 1. The van der Waals surface area contributed by atoms with Crippen LogP contribution in [0, 0.1) is 3.57 Å². The fourth-order valence-corrected chi connectivity index (χ4v) is 2.48. The number of nitrogens with one attached hydrogen (secondary N) is 1. The lowest BCUT2D eigenvalue weighted by atomic mass is 10.2. The summed E-state index contributed by atoms with van der Waals surface area (Å²) in [7, 11) is 3.93. The second-order valence-corrected chi connectivity index (χ2v) is 5.96. The predicted molar refractivity (Wildman–Crippen MR) is 86.6 cm³/mol. The molecule has 0 bridgehead atoms. The lowest BCUT2D eigenvalue weighted by molar-refractivity contribution is 0.0939. The summed E-state index contributed by atoms with van der Waals surface area (Å²) < 4.78 is 6.47. The summed E-state index contributed by atoms with van der Waals surface area (Å²) >= 11 is 2.20. The van der Waals surface area contributed by atoms with Crippen LogP contribution in [-0.4, -0.2) is 31.4 Å². The lowest BCUT2D eigenvalue weighted by Crippen LogP contribution is -2.34. The Labute approximate surface area is 132 Å². The van der Waals surface area contributed by atoms with Gasteiger partial charge in [0, 0.05) is 15.7 Å². The number of benzene rings is 1. The van der Waals surface area contributed by atoms with Gasteiger partial charge in [-0.1, -0.05) is 6.07 Å². The van der Waals surface area contributed by atoms with Gasteiger partial charge in [0.25, 0.3) is 5.91 Å². The highest BCUT2D eigenvalue weighted by molar-refractivity contribution is 14.1. The Morgan fingerprint density at radius 3 is 2.75 bits per heavy atom. The molecule has 1 atom stereocenters. The van der Waals surface area contributed by atoms with Crippen molar-refractivity contribution in [2.75, 3.05) is 20.6 Å². The molecule has 106 valence electrons. The van der Waals surface area contributed by atoms with Crippen LogP contribution in [0.4, 0.5) is 0 Å². The summed E-state index contributed by atoms with van der Waals surface area (Å²) in [5.74, 6) is 0.778. The minimum absolute atomic E-state index is 0.0248. The third kappa shape index (κ3) is 3.83. The molecule has 0 unspecified atom stereocenters. The number of amides is 1. The maximum Gasteiger partial charge on any atom is 0.251 e. The second-order valence-electron chi connectivity index (χ2n) is 4.72. The van der Waals surface area contributed by atoms with Crippen LogP contribution in [-0.2, 0) is 0 Å². The smallest absolute Gasteiger partial charge is 0.251 e. The molecule has 0 aliphatic carbocycles. The van der Waals surface area contributed by atoms with Gasteiger partial charge in [-0.2, -0.15) is 0 Å². The van der Waals surface area contributed by atoms with Gasteiger partial charge in [-0.05, 0) is 67.0 Å². The average Bonchev–Trinajstić information content (AvgIpc) is 2.92. The third-order valence-corrected chi connectivity index (χ3v) is 3.71. The first-order chi connectivity index (χ1) is 9.58. The molecule has 1 heterocycles. The van der Waals surface area contributed by atoms with Crippen LogP contribution in [0.15, 0.2) is 47.1 Å². The van der Waals surface area contributed by atoms with Crippen LogP contribution in [0.25, 0.3) is 0 Å². The van der Waals surface area contributed by atoms with Crippen molar-refractivity contribution in [2.24, 2.45) is 0 Å². The first kappa shape index (κ1) is 15.1. The van der Waals surface area contributed by atoms with Crippen molar-refractivity contribution in [1.29, 1.82) is 0 Å². The molecule has 1 aromatic heterocycles. The van der Waals surface area contributed by atoms with Crippen molar-refractivity contribution in [1.82, 2.24) is 10.2 Å². The van der Waals surface area contributed by atoms with E-state index in [0.717, 1.165) is 9.33 Å². The predicted octanol–water partition coefficient (Wildman–Crippen LogP) is 2.92. The molecule has 1 amide bonds. The van der Waals surface area contributed by atoms with Gasteiger partial charge < -0.3 is 9.73 Å². The molecular formula is C15H17IN2O2. The van der Waals surface area contributed by atoms with Gasteiger partial charge in [-0.3, -0.25) is 9.69 Å². The molecule has 0 aliphatic heterocycles. The van der Waals surface area contributed by atoms with Gasteiger partial charge in [-0.25, -0.2) is 0 Å². The van der Waals surface area contributed by atoms with Crippen LogP contribution < -0.4 is 5.32 Å². The van der Waals surface area contributed by atoms with Gasteiger partial charge in [0.15, 0.2) is 0 Å². The van der Waals surface area contributed by atoms with Gasteiger partial charge in [0.05, 0.1) is 12.3 Å². The largest absolute Gasteiger partial charge is 0.468 e. The van der Waals surface area contributed by atoms with Crippen molar-refractivity contribution in [3.63, 3.8) is 0 Å². The molecule has 1 N–H and O–H groups in total. The number of halogens is 1. The van der Waals surface area contributed by atoms with E-state index in [4.69, 9.17) is 4.42 Å². The number of carbonyl (C=O) groups is 1. The highest BCUT2D eigenvalue weighted by Crippen LogP contribution is 2.17. The maximum atomic E-state index is 12.1. The van der Waals surface area contributed by atoms with Crippen molar-refractivity contribution < 1.29 is 9.21 Å². The molecule has 2 aromatic rings. The van der Waals surface area contributed by atoms with Crippen molar-refractivity contribution in [3.8, 4) is 0 Å². The summed E-state index contributed by atoms with van der Waals surface area (Å²) in [6.45, 7) is 0.505. The zero-order valence-corrected chi connectivity index (χ0v) is 13.6. The molecule has 0 radical (unpaired) electrons. The van der Waals surface area contributed by atoms with E-state index >= 15 is 0 Å². The molecule has 1 aromatic carbocycles. The maximum absolute atomic E-state index is 12.1. The Bertz CT molecular complexity index is 567. The standard InChI is InChI=1S/C15H17IN2O2/c1-18(2)13(14-7-4-8-20-14)10-17-15(19)11-5-3-6-12(16)9-11/h3-9,13H,10H2,1-2H3,(H,17,19)/t13-/m0/s1.